The van der Waals surface area contributed by atoms with Crippen LogP contribution in [0.25, 0.3) is 22.5 Å². The second-order valence-electron chi connectivity index (χ2n) is 7.12. The number of carbonyl (C=O) groups excluding carboxylic acids is 1. The number of carbonyl (C=O) groups is 1. The molecule has 0 unspecified atom stereocenters. The van der Waals surface area contributed by atoms with E-state index in [0.29, 0.717) is 54.2 Å². The zero-order valence-electron chi connectivity index (χ0n) is 16.2. The van der Waals surface area contributed by atoms with E-state index in [2.05, 4.69) is 25.2 Å². The zero-order chi connectivity index (χ0) is 20.0. The number of fused-ring (bicyclic) bond motifs is 2. The highest BCUT2D eigenvalue weighted by Crippen LogP contribution is 2.24. The van der Waals surface area contributed by atoms with E-state index in [1.54, 1.807) is 18.5 Å². The van der Waals surface area contributed by atoms with Crippen molar-refractivity contribution in [1.82, 2.24) is 34.8 Å². The maximum atomic E-state index is 13.3. The Morgan fingerprint density at radius 2 is 2.07 bits per heavy atom. The van der Waals surface area contributed by atoms with Crippen molar-refractivity contribution in [2.24, 2.45) is 0 Å². The molecule has 1 aliphatic heterocycles. The van der Waals surface area contributed by atoms with Crippen LogP contribution in [-0.2, 0) is 13.0 Å². The van der Waals surface area contributed by atoms with Crippen LogP contribution in [0.15, 0.2) is 35.1 Å². The van der Waals surface area contributed by atoms with Gasteiger partial charge in [-0.2, -0.15) is 5.10 Å². The fourth-order valence-corrected chi connectivity index (χ4v) is 3.68. The van der Waals surface area contributed by atoms with Crippen molar-refractivity contribution in [1.29, 1.82) is 0 Å². The number of aryl methyl sites for hydroxylation is 2. The lowest BCUT2D eigenvalue weighted by Crippen LogP contribution is -2.34. The van der Waals surface area contributed by atoms with E-state index in [1.165, 1.54) is 0 Å². The van der Waals surface area contributed by atoms with Gasteiger partial charge in [0, 0.05) is 43.2 Å². The van der Waals surface area contributed by atoms with Gasteiger partial charge < -0.3 is 9.42 Å². The van der Waals surface area contributed by atoms with Crippen molar-refractivity contribution in [3.8, 4) is 11.4 Å². The van der Waals surface area contributed by atoms with Crippen LogP contribution in [0.3, 0.4) is 0 Å². The molecule has 0 fully saturated rings. The molecule has 29 heavy (non-hydrogen) atoms. The lowest BCUT2D eigenvalue weighted by atomic mass is 10.1. The van der Waals surface area contributed by atoms with Crippen molar-refractivity contribution in [3.63, 3.8) is 0 Å². The summed E-state index contributed by atoms with van der Waals surface area (Å²) in [6.07, 6.45) is 4.11. The van der Waals surface area contributed by atoms with Crippen molar-refractivity contribution < 1.29 is 9.32 Å². The molecule has 0 bridgehead atoms. The average Bonchev–Trinajstić information content (AvgIpc) is 3.25. The van der Waals surface area contributed by atoms with Crippen LogP contribution in [0.4, 0.5) is 0 Å². The summed E-state index contributed by atoms with van der Waals surface area (Å²) in [4.78, 5) is 28.3. The molecule has 0 atom stereocenters. The Hall–Kier alpha value is -3.62. The molecule has 0 saturated heterocycles. The second-order valence-corrected chi connectivity index (χ2v) is 7.12. The summed E-state index contributed by atoms with van der Waals surface area (Å²) in [5.41, 5.74) is 3.26. The second kappa shape index (κ2) is 6.77. The minimum atomic E-state index is -0.0509. The van der Waals surface area contributed by atoms with Crippen LogP contribution < -0.4 is 0 Å². The van der Waals surface area contributed by atoms with Gasteiger partial charge in [-0.05, 0) is 32.0 Å². The quantitative estimate of drug-likeness (QED) is 0.518. The Balaban J connectivity index is 1.41. The van der Waals surface area contributed by atoms with Crippen molar-refractivity contribution in [3.05, 3.63) is 53.4 Å². The number of amides is 1. The topological polar surface area (TPSA) is 103 Å². The summed E-state index contributed by atoms with van der Waals surface area (Å²) in [7, 11) is 0. The highest BCUT2D eigenvalue weighted by atomic mass is 16.5. The molecule has 0 radical (unpaired) electrons. The summed E-state index contributed by atoms with van der Waals surface area (Å²) in [5.74, 6) is 1.49. The molecule has 4 aromatic rings. The lowest BCUT2D eigenvalue weighted by molar-refractivity contribution is 0.0760. The molecule has 4 aromatic heterocycles. The third-order valence-electron chi connectivity index (χ3n) is 5.12. The largest absolute Gasteiger partial charge is 0.336 e. The molecule has 0 saturated carbocycles. The molecule has 0 spiro atoms. The first-order chi connectivity index (χ1) is 14.1. The molecule has 146 valence electrons. The summed E-state index contributed by atoms with van der Waals surface area (Å²) >= 11 is 0. The van der Waals surface area contributed by atoms with Gasteiger partial charge in [0.15, 0.2) is 5.82 Å². The number of nitrogens with zero attached hydrogens (tertiary/aromatic N) is 7. The van der Waals surface area contributed by atoms with E-state index in [-0.39, 0.29) is 5.91 Å². The van der Waals surface area contributed by atoms with Crippen molar-refractivity contribution in [2.45, 2.75) is 26.8 Å². The van der Waals surface area contributed by atoms with Gasteiger partial charge in [-0.25, -0.2) is 14.6 Å². The molecule has 5 rings (SSSR count). The van der Waals surface area contributed by atoms with Crippen molar-refractivity contribution in [2.75, 3.05) is 13.1 Å². The molecule has 0 aliphatic carbocycles. The van der Waals surface area contributed by atoms with Crippen LogP contribution in [-0.4, -0.2) is 53.8 Å². The number of pyridine rings is 2. The van der Waals surface area contributed by atoms with Gasteiger partial charge in [0.1, 0.15) is 5.82 Å². The molecule has 5 heterocycles. The van der Waals surface area contributed by atoms with Crippen LogP contribution in [0.2, 0.25) is 0 Å². The van der Waals surface area contributed by atoms with Gasteiger partial charge in [-0.15, -0.1) is 0 Å². The summed E-state index contributed by atoms with van der Waals surface area (Å²) < 4.78 is 7.15. The SMILES string of the molecule is Cc1cc(C(=O)N2CCc3nc(-c4cccnc4)nn3CC2)c2c(C)noc2n1. The normalized spacial score (nSPS) is 14.1. The van der Waals surface area contributed by atoms with E-state index in [4.69, 9.17) is 4.52 Å². The highest BCUT2D eigenvalue weighted by Gasteiger charge is 2.25. The Kier molecular flexibility index (Phi) is 4.08. The Labute approximate surface area is 166 Å². The first-order valence-electron chi connectivity index (χ1n) is 9.47. The Morgan fingerprint density at radius 3 is 2.90 bits per heavy atom. The number of hydrogen-bond donors (Lipinski definition) is 0. The minimum Gasteiger partial charge on any atom is -0.336 e. The molecule has 1 aliphatic rings. The van der Waals surface area contributed by atoms with Gasteiger partial charge in [-0.1, -0.05) is 5.16 Å². The smallest absolute Gasteiger partial charge is 0.258 e. The zero-order valence-corrected chi connectivity index (χ0v) is 16.2. The van der Waals surface area contributed by atoms with E-state index in [1.807, 2.05) is 35.6 Å². The maximum Gasteiger partial charge on any atom is 0.258 e. The van der Waals surface area contributed by atoms with Crippen molar-refractivity contribution >= 4 is 17.0 Å². The van der Waals surface area contributed by atoms with E-state index < -0.39 is 0 Å². The summed E-state index contributed by atoms with van der Waals surface area (Å²) in [5, 5.41) is 9.26. The number of hydrogen-bond acceptors (Lipinski definition) is 7. The fraction of sp³-hybridized carbons (Fsp3) is 0.300. The number of rotatable bonds is 2. The monoisotopic (exact) mass is 389 g/mol. The Bertz CT molecular complexity index is 1190. The summed E-state index contributed by atoms with van der Waals surface area (Å²) in [6.45, 7) is 5.37. The van der Waals surface area contributed by atoms with Crippen LogP contribution in [0.1, 0.15) is 27.6 Å². The minimum absolute atomic E-state index is 0.0509. The molecular formula is C20H19N7O2. The Morgan fingerprint density at radius 1 is 1.17 bits per heavy atom. The average molecular weight is 389 g/mol. The number of aromatic nitrogens is 6. The van der Waals surface area contributed by atoms with Gasteiger partial charge in [-0.3, -0.25) is 9.78 Å². The summed E-state index contributed by atoms with van der Waals surface area (Å²) in [6, 6.07) is 5.61. The third-order valence-corrected chi connectivity index (χ3v) is 5.12. The first-order valence-corrected chi connectivity index (χ1v) is 9.47. The lowest BCUT2D eigenvalue weighted by Gasteiger charge is -2.20. The molecule has 0 N–H and O–H groups in total. The highest BCUT2D eigenvalue weighted by molar-refractivity contribution is 6.06. The predicted octanol–water partition coefficient (Wildman–Crippen LogP) is 2.19. The predicted molar refractivity (Wildman–Crippen MR) is 104 cm³/mol. The third kappa shape index (κ3) is 3.04. The van der Waals surface area contributed by atoms with Crippen LogP contribution in [0, 0.1) is 13.8 Å². The van der Waals surface area contributed by atoms with Gasteiger partial charge in [0.2, 0.25) is 0 Å². The fourth-order valence-electron chi connectivity index (χ4n) is 3.68. The van der Waals surface area contributed by atoms with Crippen LogP contribution in [0.5, 0.6) is 0 Å². The molecule has 1 amide bonds. The van der Waals surface area contributed by atoms with Gasteiger partial charge in [0.05, 0.1) is 23.2 Å². The van der Waals surface area contributed by atoms with E-state index in [0.717, 1.165) is 17.1 Å². The maximum absolute atomic E-state index is 13.3. The standard InChI is InChI=1S/C20H19N7O2/c1-12-10-15(17-13(2)25-29-19(17)22-12)20(28)26-7-5-16-23-18(24-27(16)9-8-26)14-4-3-6-21-11-14/h3-4,6,10-11H,5,7-9H2,1-2H3. The van der Waals surface area contributed by atoms with E-state index >= 15 is 0 Å². The van der Waals surface area contributed by atoms with Gasteiger partial charge >= 0.3 is 0 Å². The molecule has 0 aromatic carbocycles. The van der Waals surface area contributed by atoms with E-state index in [9.17, 15) is 4.79 Å². The molecule has 9 nitrogen and oxygen atoms in total. The molecule has 9 heteroatoms. The molecular weight excluding hydrogens is 370 g/mol. The first kappa shape index (κ1) is 17.5. The van der Waals surface area contributed by atoms with Crippen LogP contribution >= 0.6 is 0 Å². The van der Waals surface area contributed by atoms with Gasteiger partial charge in [0.25, 0.3) is 11.6 Å².